The zero-order valence-electron chi connectivity index (χ0n) is 18.8. The molecular weight excluding hydrogens is 392 g/mol. The molecule has 2 amide bonds. The molecule has 0 unspecified atom stereocenters. The lowest BCUT2D eigenvalue weighted by Crippen LogP contribution is -2.49. The Kier molecular flexibility index (Phi) is 10.4. The van der Waals surface area contributed by atoms with Gasteiger partial charge >= 0.3 is 0 Å². The van der Waals surface area contributed by atoms with E-state index in [-0.39, 0.29) is 11.8 Å². The molecule has 0 fully saturated rings. The van der Waals surface area contributed by atoms with Crippen molar-refractivity contribution in [1.82, 2.24) is 10.2 Å². The standard InChI is InChI=1S/C25H34N2O4/c1-4-17-26-25(29)23(5-2)27(19-20-13-15-21(30-3)16-14-20)24(28)12-9-18-31-22-10-7-6-8-11-22/h6-8,10-11,13-16,23H,4-5,9,12,17-19H2,1-3H3,(H,26,29)/t23-/m0/s1. The molecule has 0 aromatic heterocycles. The van der Waals surface area contributed by atoms with E-state index in [0.29, 0.717) is 39.0 Å². The van der Waals surface area contributed by atoms with Gasteiger partial charge in [0.2, 0.25) is 11.8 Å². The molecule has 0 aliphatic rings. The van der Waals surface area contributed by atoms with Crippen molar-refractivity contribution in [2.24, 2.45) is 0 Å². The first-order valence-electron chi connectivity index (χ1n) is 11.0. The summed E-state index contributed by atoms with van der Waals surface area (Å²) in [5, 5.41) is 2.93. The molecule has 0 heterocycles. The minimum absolute atomic E-state index is 0.0500. The van der Waals surface area contributed by atoms with E-state index in [2.05, 4.69) is 5.32 Å². The maximum atomic E-state index is 13.1. The van der Waals surface area contributed by atoms with Crippen LogP contribution in [0.25, 0.3) is 0 Å². The van der Waals surface area contributed by atoms with Crippen molar-refractivity contribution in [3.05, 3.63) is 60.2 Å². The van der Waals surface area contributed by atoms with Crippen LogP contribution in [0.1, 0.15) is 45.1 Å². The second kappa shape index (κ2) is 13.3. The van der Waals surface area contributed by atoms with Crippen molar-refractivity contribution in [2.75, 3.05) is 20.3 Å². The van der Waals surface area contributed by atoms with Crippen LogP contribution in [-0.2, 0) is 16.1 Å². The first kappa shape index (κ1) is 24.3. The third-order valence-electron chi connectivity index (χ3n) is 4.99. The molecule has 1 atom stereocenters. The Morgan fingerprint density at radius 2 is 1.71 bits per heavy atom. The topological polar surface area (TPSA) is 67.9 Å². The average molecular weight is 427 g/mol. The van der Waals surface area contributed by atoms with Crippen molar-refractivity contribution >= 4 is 11.8 Å². The summed E-state index contributed by atoms with van der Waals surface area (Å²) in [4.78, 5) is 27.6. The monoisotopic (exact) mass is 426 g/mol. The van der Waals surface area contributed by atoms with Crippen molar-refractivity contribution in [1.29, 1.82) is 0 Å². The van der Waals surface area contributed by atoms with Gasteiger partial charge in [-0.15, -0.1) is 0 Å². The summed E-state index contributed by atoms with van der Waals surface area (Å²) in [6, 6.07) is 16.6. The first-order valence-corrected chi connectivity index (χ1v) is 11.0. The summed E-state index contributed by atoms with van der Waals surface area (Å²) in [5.41, 5.74) is 0.955. The van der Waals surface area contributed by atoms with Gasteiger partial charge in [-0.25, -0.2) is 0 Å². The smallest absolute Gasteiger partial charge is 0.242 e. The number of benzene rings is 2. The second-order valence-corrected chi connectivity index (χ2v) is 7.35. The largest absolute Gasteiger partial charge is 0.497 e. The molecule has 0 aliphatic heterocycles. The van der Waals surface area contributed by atoms with Crippen molar-refractivity contribution < 1.29 is 19.1 Å². The molecule has 0 bridgehead atoms. The zero-order valence-corrected chi connectivity index (χ0v) is 18.8. The predicted octanol–water partition coefficient (Wildman–Crippen LogP) is 4.19. The molecule has 6 nitrogen and oxygen atoms in total. The van der Waals surface area contributed by atoms with Crippen LogP contribution in [0.15, 0.2) is 54.6 Å². The lowest BCUT2D eigenvalue weighted by atomic mass is 10.1. The number of amides is 2. The lowest BCUT2D eigenvalue weighted by Gasteiger charge is -2.30. The van der Waals surface area contributed by atoms with E-state index in [1.54, 1.807) is 12.0 Å². The van der Waals surface area contributed by atoms with Gasteiger partial charge in [-0.3, -0.25) is 9.59 Å². The fraction of sp³-hybridized carbons (Fsp3) is 0.440. The molecule has 31 heavy (non-hydrogen) atoms. The Bertz CT molecular complexity index is 793. The van der Waals surface area contributed by atoms with Gasteiger partial charge in [0, 0.05) is 19.5 Å². The molecule has 2 rings (SSSR count). The Balaban J connectivity index is 2.04. The molecule has 2 aromatic carbocycles. The summed E-state index contributed by atoms with van der Waals surface area (Å²) in [5.74, 6) is 1.39. The highest BCUT2D eigenvalue weighted by atomic mass is 16.5. The quantitative estimate of drug-likeness (QED) is 0.488. The maximum absolute atomic E-state index is 13.1. The average Bonchev–Trinajstić information content (AvgIpc) is 2.81. The van der Waals surface area contributed by atoms with Crippen LogP contribution in [0.5, 0.6) is 11.5 Å². The fourth-order valence-corrected chi connectivity index (χ4v) is 3.29. The molecule has 6 heteroatoms. The highest BCUT2D eigenvalue weighted by Crippen LogP contribution is 2.17. The van der Waals surface area contributed by atoms with Gasteiger partial charge in [0.1, 0.15) is 17.5 Å². The van der Waals surface area contributed by atoms with E-state index in [4.69, 9.17) is 9.47 Å². The van der Waals surface area contributed by atoms with E-state index in [9.17, 15) is 9.59 Å². The lowest BCUT2D eigenvalue weighted by molar-refractivity contribution is -0.141. The van der Waals surface area contributed by atoms with Crippen molar-refractivity contribution in [3.63, 3.8) is 0 Å². The second-order valence-electron chi connectivity index (χ2n) is 7.35. The summed E-state index contributed by atoms with van der Waals surface area (Å²) >= 11 is 0. The number of nitrogens with zero attached hydrogens (tertiary/aromatic N) is 1. The Labute approximate surface area is 185 Å². The van der Waals surface area contributed by atoms with Crippen LogP contribution in [0.3, 0.4) is 0 Å². The number of nitrogens with one attached hydrogen (secondary N) is 1. The van der Waals surface area contributed by atoms with E-state index in [1.807, 2.05) is 68.4 Å². The molecule has 0 saturated heterocycles. The van der Waals surface area contributed by atoms with Crippen LogP contribution in [0.4, 0.5) is 0 Å². The van der Waals surface area contributed by atoms with Crippen LogP contribution >= 0.6 is 0 Å². The van der Waals surface area contributed by atoms with Crippen LogP contribution in [-0.4, -0.2) is 43.0 Å². The molecule has 0 spiro atoms. The molecule has 2 aromatic rings. The van der Waals surface area contributed by atoms with Gasteiger partial charge in [-0.05, 0) is 49.1 Å². The summed E-state index contributed by atoms with van der Waals surface area (Å²) in [6.07, 6.45) is 2.31. The Morgan fingerprint density at radius 1 is 1.00 bits per heavy atom. The molecular formula is C25H34N2O4. The van der Waals surface area contributed by atoms with Gasteiger partial charge in [-0.1, -0.05) is 44.2 Å². The zero-order chi connectivity index (χ0) is 22.5. The molecule has 0 saturated carbocycles. The van der Waals surface area contributed by atoms with E-state index in [0.717, 1.165) is 23.5 Å². The number of carbonyl (C=O) groups is 2. The number of ether oxygens (including phenoxy) is 2. The van der Waals surface area contributed by atoms with Gasteiger partial charge in [-0.2, -0.15) is 0 Å². The summed E-state index contributed by atoms with van der Waals surface area (Å²) in [6.45, 7) is 5.37. The number of hydrogen-bond acceptors (Lipinski definition) is 4. The van der Waals surface area contributed by atoms with Gasteiger partial charge in [0.25, 0.3) is 0 Å². The van der Waals surface area contributed by atoms with E-state index < -0.39 is 6.04 Å². The van der Waals surface area contributed by atoms with Gasteiger partial charge < -0.3 is 19.7 Å². The number of hydrogen-bond donors (Lipinski definition) is 1. The van der Waals surface area contributed by atoms with E-state index >= 15 is 0 Å². The van der Waals surface area contributed by atoms with Gasteiger partial charge in [0.05, 0.1) is 13.7 Å². The van der Waals surface area contributed by atoms with Crippen LogP contribution in [0.2, 0.25) is 0 Å². The van der Waals surface area contributed by atoms with Crippen molar-refractivity contribution in [3.8, 4) is 11.5 Å². The summed E-state index contributed by atoms with van der Waals surface area (Å²) < 4.78 is 10.9. The fourth-order valence-electron chi connectivity index (χ4n) is 3.29. The third kappa shape index (κ3) is 7.96. The predicted molar refractivity (Wildman–Crippen MR) is 122 cm³/mol. The highest BCUT2D eigenvalue weighted by molar-refractivity contribution is 5.87. The Hall–Kier alpha value is -3.02. The minimum Gasteiger partial charge on any atom is -0.497 e. The number of carbonyl (C=O) groups excluding carboxylic acids is 2. The van der Waals surface area contributed by atoms with Gasteiger partial charge in [0.15, 0.2) is 0 Å². The molecule has 0 radical (unpaired) electrons. The first-order chi connectivity index (χ1) is 15.1. The SMILES string of the molecule is CCCNC(=O)[C@H](CC)N(Cc1ccc(OC)cc1)C(=O)CCCOc1ccccc1. The number of rotatable bonds is 13. The molecule has 0 aliphatic carbocycles. The molecule has 168 valence electrons. The van der Waals surface area contributed by atoms with Crippen molar-refractivity contribution in [2.45, 2.75) is 52.1 Å². The molecule has 1 N–H and O–H groups in total. The maximum Gasteiger partial charge on any atom is 0.242 e. The normalized spacial score (nSPS) is 11.5. The highest BCUT2D eigenvalue weighted by Gasteiger charge is 2.28. The summed E-state index contributed by atoms with van der Waals surface area (Å²) in [7, 11) is 1.62. The third-order valence-corrected chi connectivity index (χ3v) is 4.99. The Morgan fingerprint density at radius 3 is 2.32 bits per heavy atom. The van der Waals surface area contributed by atoms with Crippen LogP contribution < -0.4 is 14.8 Å². The minimum atomic E-state index is -0.504. The van der Waals surface area contributed by atoms with E-state index in [1.165, 1.54) is 0 Å². The van der Waals surface area contributed by atoms with Crippen LogP contribution in [0, 0.1) is 0 Å². The number of para-hydroxylation sites is 1. The number of methoxy groups -OCH3 is 1.